The first-order valence-corrected chi connectivity index (χ1v) is 6.24. The zero-order valence-corrected chi connectivity index (χ0v) is 10.6. The van der Waals surface area contributed by atoms with Gasteiger partial charge in [0, 0.05) is 12.5 Å². The molecule has 0 bridgehead atoms. The van der Waals surface area contributed by atoms with Gasteiger partial charge in [-0.3, -0.25) is 0 Å². The van der Waals surface area contributed by atoms with Crippen molar-refractivity contribution >= 4 is 0 Å². The molecule has 3 nitrogen and oxygen atoms in total. The largest absolute Gasteiger partial charge is 0.497 e. The highest BCUT2D eigenvalue weighted by atomic mass is 16.5. The fourth-order valence-corrected chi connectivity index (χ4v) is 2.42. The first-order chi connectivity index (χ1) is 8.68. The molecular formula is C15H19NO2. The van der Waals surface area contributed by atoms with Crippen LogP contribution < -0.4 is 10.1 Å². The summed E-state index contributed by atoms with van der Waals surface area (Å²) in [4.78, 5) is 0. The van der Waals surface area contributed by atoms with Crippen molar-refractivity contribution < 1.29 is 9.84 Å². The van der Waals surface area contributed by atoms with Crippen LogP contribution in [0.25, 0.3) is 0 Å². The van der Waals surface area contributed by atoms with Gasteiger partial charge in [0.1, 0.15) is 11.4 Å². The summed E-state index contributed by atoms with van der Waals surface area (Å²) in [7, 11) is 1.63. The molecule has 2 N–H and O–H groups in total. The molecule has 0 saturated carbocycles. The Labute approximate surface area is 108 Å². The maximum absolute atomic E-state index is 10.6. The molecule has 0 aliphatic carbocycles. The van der Waals surface area contributed by atoms with Crippen LogP contribution in [0.4, 0.5) is 0 Å². The molecule has 1 unspecified atom stereocenters. The van der Waals surface area contributed by atoms with Crippen molar-refractivity contribution in [3.8, 4) is 18.1 Å². The van der Waals surface area contributed by atoms with Crippen LogP contribution in [0.1, 0.15) is 18.4 Å². The minimum atomic E-state index is -1.11. The molecule has 2 rings (SSSR count). The second kappa shape index (κ2) is 5.43. The van der Waals surface area contributed by atoms with Gasteiger partial charge in [-0.25, -0.2) is 0 Å². The number of aliphatic hydroxyl groups is 1. The molecule has 1 heterocycles. The molecule has 1 aromatic carbocycles. The molecule has 0 radical (unpaired) electrons. The molecule has 1 fully saturated rings. The Bertz CT molecular complexity index is 429. The Morgan fingerprint density at radius 2 is 2.22 bits per heavy atom. The third-order valence-electron chi connectivity index (χ3n) is 3.52. The summed E-state index contributed by atoms with van der Waals surface area (Å²) in [5.74, 6) is 3.37. The molecule has 0 aromatic heterocycles. The van der Waals surface area contributed by atoms with Crippen molar-refractivity contribution in [3.63, 3.8) is 0 Å². The number of ether oxygens (including phenoxy) is 1. The van der Waals surface area contributed by atoms with E-state index in [4.69, 9.17) is 11.2 Å². The average Bonchev–Trinajstić information content (AvgIpc) is 2.94. The monoisotopic (exact) mass is 245 g/mol. The third kappa shape index (κ3) is 2.66. The van der Waals surface area contributed by atoms with E-state index in [9.17, 15) is 5.11 Å². The Morgan fingerprint density at radius 3 is 2.72 bits per heavy atom. The van der Waals surface area contributed by atoms with Gasteiger partial charge in [0.2, 0.25) is 0 Å². The lowest BCUT2D eigenvalue weighted by atomic mass is 9.87. The molecule has 1 aliphatic heterocycles. The Kier molecular flexibility index (Phi) is 3.90. The highest BCUT2D eigenvalue weighted by Crippen LogP contribution is 2.24. The molecule has 3 heteroatoms. The molecule has 2 atom stereocenters. The number of rotatable bonds is 4. The van der Waals surface area contributed by atoms with Crippen LogP contribution in [0.3, 0.4) is 0 Å². The quantitative estimate of drug-likeness (QED) is 0.787. The van der Waals surface area contributed by atoms with Crippen LogP contribution in [0, 0.1) is 12.3 Å². The van der Waals surface area contributed by atoms with E-state index in [2.05, 4.69) is 11.2 Å². The van der Waals surface area contributed by atoms with E-state index < -0.39 is 5.60 Å². The highest BCUT2D eigenvalue weighted by Gasteiger charge is 2.36. The predicted molar refractivity (Wildman–Crippen MR) is 71.5 cm³/mol. The molecule has 1 aliphatic rings. The summed E-state index contributed by atoms with van der Waals surface area (Å²) in [5, 5.41) is 13.8. The number of terminal acetylenes is 1. The third-order valence-corrected chi connectivity index (χ3v) is 3.52. The van der Waals surface area contributed by atoms with Crippen molar-refractivity contribution in [2.75, 3.05) is 13.7 Å². The first kappa shape index (κ1) is 12.9. The van der Waals surface area contributed by atoms with E-state index in [0.717, 1.165) is 30.7 Å². The SMILES string of the molecule is C#CC(O)(Cc1ccc(OC)cc1)[C@@H]1CCCN1. The van der Waals surface area contributed by atoms with E-state index in [0.29, 0.717) is 6.42 Å². The van der Waals surface area contributed by atoms with Gasteiger partial charge in [-0.15, -0.1) is 6.42 Å². The van der Waals surface area contributed by atoms with Crippen molar-refractivity contribution in [3.05, 3.63) is 29.8 Å². The number of hydrogen-bond donors (Lipinski definition) is 2. The van der Waals surface area contributed by atoms with E-state index in [1.165, 1.54) is 0 Å². The van der Waals surface area contributed by atoms with Gasteiger partial charge >= 0.3 is 0 Å². The Morgan fingerprint density at radius 1 is 1.50 bits per heavy atom. The van der Waals surface area contributed by atoms with Gasteiger partial charge in [0.05, 0.1) is 7.11 Å². The molecular weight excluding hydrogens is 226 g/mol. The number of hydrogen-bond acceptors (Lipinski definition) is 3. The number of benzene rings is 1. The summed E-state index contributed by atoms with van der Waals surface area (Å²) in [6.45, 7) is 0.928. The maximum atomic E-state index is 10.6. The first-order valence-electron chi connectivity index (χ1n) is 6.24. The van der Waals surface area contributed by atoms with Crippen LogP contribution in [0.5, 0.6) is 5.75 Å². The minimum absolute atomic E-state index is 0.00963. The zero-order chi connectivity index (χ0) is 13.0. The number of nitrogens with one attached hydrogen (secondary N) is 1. The zero-order valence-electron chi connectivity index (χ0n) is 10.6. The summed E-state index contributed by atoms with van der Waals surface area (Å²) in [6.07, 6.45) is 7.98. The van der Waals surface area contributed by atoms with Gasteiger partial charge in [-0.2, -0.15) is 0 Å². The van der Waals surface area contributed by atoms with Crippen LogP contribution in [0.2, 0.25) is 0 Å². The summed E-state index contributed by atoms with van der Waals surface area (Å²) < 4.78 is 5.11. The molecule has 0 amide bonds. The molecule has 18 heavy (non-hydrogen) atoms. The van der Waals surface area contributed by atoms with E-state index in [-0.39, 0.29) is 6.04 Å². The topological polar surface area (TPSA) is 41.5 Å². The second-order valence-corrected chi connectivity index (χ2v) is 4.74. The van der Waals surface area contributed by atoms with Crippen LogP contribution in [-0.2, 0) is 6.42 Å². The average molecular weight is 245 g/mol. The van der Waals surface area contributed by atoms with Gasteiger partial charge in [0.25, 0.3) is 0 Å². The maximum Gasteiger partial charge on any atom is 0.144 e. The predicted octanol–water partition coefficient (Wildman–Crippen LogP) is 1.35. The molecule has 0 spiro atoms. The lowest BCUT2D eigenvalue weighted by Gasteiger charge is -2.29. The lowest BCUT2D eigenvalue weighted by molar-refractivity contribution is 0.0655. The number of methoxy groups -OCH3 is 1. The summed E-state index contributed by atoms with van der Waals surface area (Å²) in [5.41, 5.74) is -0.0876. The van der Waals surface area contributed by atoms with E-state index in [1.807, 2.05) is 24.3 Å². The fourth-order valence-electron chi connectivity index (χ4n) is 2.42. The van der Waals surface area contributed by atoms with Gasteiger partial charge in [0.15, 0.2) is 0 Å². The summed E-state index contributed by atoms with van der Waals surface area (Å²) >= 11 is 0. The smallest absolute Gasteiger partial charge is 0.144 e. The molecule has 1 aromatic rings. The van der Waals surface area contributed by atoms with Gasteiger partial charge in [-0.05, 0) is 37.1 Å². The van der Waals surface area contributed by atoms with Crippen LogP contribution in [0.15, 0.2) is 24.3 Å². The van der Waals surface area contributed by atoms with Crippen molar-refractivity contribution in [1.29, 1.82) is 0 Å². The second-order valence-electron chi connectivity index (χ2n) is 4.74. The molecule has 96 valence electrons. The minimum Gasteiger partial charge on any atom is -0.497 e. The lowest BCUT2D eigenvalue weighted by Crippen LogP contribution is -2.48. The van der Waals surface area contributed by atoms with Crippen molar-refractivity contribution in [2.45, 2.75) is 30.9 Å². The summed E-state index contributed by atoms with van der Waals surface area (Å²) in [6, 6.07) is 7.64. The van der Waals surface area contributed by atoms with E-state index >= 15 is 0 Å². The fraction of sp³-hybridized carbons (Fsp3) is 0.467. The van der Waals surface area contributed by atoms with Gasteiger partial charge < -0.3 is 15.2 Å². The standard InChI is InChI=1S/C15H19NO2/c1-3-15(17,14-5-4-10-16-14)11-12-6-8-13(18-2)9-7-12/h1,6-9,14,16-17H,4-5,10-11H2,2H3/t14-,15?/m0/s1. The van der Waals surface area contributed by atoms with E-state index in [1.54, 1.807) is 7.11 Å². The highest BCUT2D eigenvalue weighted by molar-refractivity contribution is 5.30. The van der Waals surface area contributed by atoms with Crippen molar-refractivity contribution in [1.82, 2.24) is 5.32 Å². The van der Waals surface area contributed by atoms with Crippen LogP contribution >= 0.6 is 0 Å². The Balaban J connectivity index is 2.11. The van der Waals surface area contributed by atoms with Crippen LogP contribution in [-0.4, -0.2) is 30.4 Å². The van der Waals surface area contributed by atoms with Gasteiger partial charge in [-0.1, -0.05) is 18.1 Å². The normalized spacial score (nSPS) is 22.2. The van der Waals surface area contributed by atoms with Crippen molar-refractivity contribution in [2.24, 2.45) is 0 Å². The Hall–Kier alpha value is -1.50. The molecule has 1 saturated heterocycles.